The van der Waals surface area contributed by atoms with E-state index < -0.39 is 5.97 Å². The van der Waals surface area contributed by atoms with Crippen molar-refractivity contribution in [3.05, 3.63) is 53.1 Å². The molecule has 0 atom stereocenters. The van der Waals surface area contributed by atoms with Crippen LogP contribution in [0, 0.1) is 0 Å². The Bertz CT molecular complexity index is 633. The maximum Gasteiger partial charge on any atom is 0.335 e. The molecule has 1 aliphatic heterocycles. The van der Waals surface area contributed by atoms with Crippen LogP contribution < -0.4 is 0 Å². The van der Waals surface area contributed by atoms with Crippen LogP contribution in [0.3, 0.4) is 0 Å². The summed E-state index contributed by atoms with van der Waals surface area (Å²) in [6.07, 6.45) is 3.66. The van der Waals surface area contributed by atoms with Gasteiger partial charge in [0.05, 0.1) is 17.6 Å². The number of carboxylic acids is 1. The first-order valence-electron chi connectivity index (χ1n) is 6.16. The van der Waals surface area contributed by atoms with Gasteiger partial charge < -0.3 is 9.67 Å². The van der Waals surface area contributed by atoms with Crippen molar-refractivity contribution in [3.8, 4) is 0 Å². The Morgan fingerprint density at radius 1 is 1.37 bits per heavy atom. The fraction of sp³-hybridized carbons (Fsp3) is 0.286. The summed E-state index contributed by atoms with van der Waals surface area (Å²) in [4.78, 5) is 17.4. The molecular weight excluding hydrogens is 242 g/mol. The molecule has 1 aromatic carbocycles. The fourth-order valence-corrected chi connectivity index (χ4v) is 2.48. The largest absolute Gasteiger partial charge is 0.478 e. The number of fused-ring (bicyclic) bond motifs is 1. The first-order valence-corrected chi connectivity index (χ1v) is 6.16. The minimum Gasteiger partial charge on any atom is -0.478 e. The quantitative estimate of drug-likeness (QED) is 0.908. The van der Waals surface area contributed by atoms with Crippen molar-refractivity contribution in [2.75, 3.05) is 0 Å². The minimum atomic E-state index is -0.868. The molecule has 0 saturated heterocycles. The maximum atomic E-state index is 11.0. The van der Waals surface area contributed by atoms with Crippen LogP contribution in [0.2, 0.25) is 0 Å². The molecule has 0 fully saturated rings. The maximum absolute atomic E-state index is 11.0. The summed E-state index contributed by atoms with van der Waals surface area (Å²) < 4.78 is 2.01. The monoisotopic (exact) mass is 257 g/mol. The van der Waals surface area contributed by atoms with E-state index in [0.29, 0.717) is 5.56 Å². The molecule has 5 nitrogen and oxygen atoms in total. The molecular formula is C14H15N3O2. The van der Waals surface area contributed by atoms with Gasteiger partial charge in [0.1, 0.15) is 0 Å². The van der Waals surface area contributed by atoms with Crippen LogP contribution in [0.1, 0.15) is 27.2 Å². The number of carbonyl (C=O) groups is 1. The van der Waals surface area contributed by atoms with E-state index in [2.05, 4.69) is 9.88 Å². The molecule has 0 saturated carbocycles. The lowest BCUT2D eigenvalue weighted by Gasteiger charge is -2.14. The van der Waals surface area contributed by atoms with Crippen LogP contribution in [0.25, 0.3) is 0 Å². The third-order valence-corrected chi connectivity index (χ3v) is 3.54. The number of benzene rings is 1. The molecule has 0 unspecified atom stereocenters. The van der Waals surface area contributed by atoms with E-state index in [-0.39, 0.29) is 0 Å². The van der Waals surface area contributed by atoms with Crippen molar-refractivity contribution in [2.24, 2.45) is 7.05 Å². The van der Waals surface area contributed by atoms with E-state index >= 15 is 0 Å². The van der Waals surface area contributed by atoms with E-state index in [0.717, 1.165) is 30.9 Å². The van der Waals surface area contributed by atoms with Crippen LogP contribution in [0.5, 0.6) is 0 Å². The number of nitrogens with zero attached hydrogens (tertiary/aromatic N) is 3. The van der Waals surface area contributed by atoms with Gasteiger partial charge in [-0.05, 0) is 23.3 Å². The SMILES string of the molecule is Cn1cncc1CN1Cc2ccc(C(=O)O)cc2C1. The number of rotatable bonds is 3. The Morgan fingerprint density at radius 3 is 2.84 bits per heavy atom. The fourth-order valence-electron chi connectivity index (χ4n) is 2.48. The topological polar surface area (TPSA) is 58.4 Å². The van der Waals surface area contributed by atoms with Gasteiger partial charge in [0, 0.05) is 32.9 Å². The zero-order valence-electron chi connectivity index (χ0n) is 10.7. The van der Waals surface area contributed by atoms with Gasteiger partial charge >= 0.3 is 5.97 Å². The lowest BCUT2D eigenvalue weighted by molar-refractivity contribution is 0.0696. The van der Waals surface area contributed by atoms with Crippen molar-refractivity contribution in [1.29, 1.82) is 0 Å². The van der Waals surface area contributed by atoms with E-state index in [1.807, 2.05) is 23.9 Å². The predicted octanol–water partition coefficient (Wildman–Crippen LogP) is 1.63. The lowest BCUT2D eigenvalue weighted by Crippen LogP contribution is -2.17. The molecule has 0 aliphatic carbocycles. The number of hydrogen-bond acceptors (Lipinski definition) is 3. The second kappa shape index (κ2) is 4.51. The number of aromatic carboxylic acids is 1. The average Bonchev–Trinajstić information content (AvgIpc) is 2.95. The van der Waals surface area contributed by atoms with Crippen molar-refractivity contribution < 1.29 is 9.90 Å². The Hall–Kier alpha value is -2.14. The summed E-state index contributed by atoms with van der Waals surface area (Å²) in [5, 5.41) is 9.00. The summed E-state index contributed by atoms with van der Waals surface area (Å²) in [6, 6.07) is 5.37. The third-order valence-electron chi connectivity index (χ3n) is 3.54. The average molecular weight is 257 g/mol. The van der Waals surface area contributed by atoms with E-state index in [4.69, 9.17) is 5.11 Å². The molecule has 1 aliphatic rings. The second-order valence-corrected chi connectivity index (χ2v) is 4.93. The lowest BCUT2D eigenvalue weighted by atomic mass is 10.1. The van der Waals surface area contributed by atoms with Gasteiger partial charge in [0.15, 0.2) is 0 Å². The molecule has 1 aromatic heterocycles. The van der Waals surface area contributed by atoms with Crippen LogP contribution in [-0.2, 0) is 26.7 Å². The van der Waals surface area contributed by atoms with Gasteiger partial charge in [0.25, 0.3) is 0 Å². The van der Waals surface area contributed by atoms with Crippen molar-refractivity contribution in [1.82, 2.24) is 14.5 Å². The summed E-state index contributed by atoms with van der Waals surface area (Å²) in [5.41, 5.74) is 3.85. The molecule has 1 N–H and O–H groups in total. The Kier molecular flexibility index (Phi) is 2.83. The van der Waals surface area contributed by atoms with Crippen LogP contribution in [0.15, 0.2) is 30.7 Å². The molecule has 0 radical (unpaired) electrons. The van der Waals surface area contributed by atoms with Crippen molar-refractivity contribution in [3.63, 3.8) is 0 Å². The standard InChI is InChI=1S/C14H15N3O2/c1-16-9-15-5-13(16)8-17-6-11-3-2-10(14(18)19)4-12(11)7-17/h2-5,9H,6-8H2,1H3,(H,18,19). The normalized spacial score (nSPS) is 14.6. The summed E-state index contributed by atoms with van der Waals surface area (Å²) in [7, 11) is 1.98. The van der Waals surface area contributed by atoms with Crippen molar-refractivity contribution in [2.45, 2.75) is 19.6 Å². The molecule has 5 heteroatoms. The van der Waals surface area contributed by atoms with Gasteiger partial charge in [-0.25, -0.2) is 9.78 Å². The van der Waals surface area contributed by atoms with Gasteiger partial charge in [-0.2, -0.15) is 0 Å². The molecule has 19 heavy (non-hydrogen) atoms. The predicted molar refractivity (Wildman–Crippen MR) is 69.6 cm³/mol. The third kappa shape index (κ3) is 2.24. The number of hydrogen-bond donors (Lipinski definition) is 1. The second-order valence-electron chi connectivity index (χ2n) is 4.93. The van der Waals surface area contributed by atoms with Gasteiger partial charge in [-0.3, -0.25) is 4.90 Å². The summed E-state index contributed by atoms with van der Waals surface area (Å²) >= 11 is 0. The molecule has 2 heterocycles. The molecule has 0 spiro atoms. The molecule has 98 valence electrons. The highest BCUT2D eigenvalue weighted by molar-refractivity contribution is 5.87. The minimum absolute atomic E-state index is 0.362. The molecule has 0 amide bonds. The molecule has 3 rings (SSSR count). The summed E-state index contributed by atoms with van der Waals surface area (Å²) in [6.45, 7) is 2.48. The van der Waals surface area contributed by atoms with Crippen molar-refractivity contribution >= 4 is 5.97 Å². The highest BCUT2D eigenvalue weighted by atomic mass is 16.4. The Morgan fingerprint density at radius 2 is 2.16 bits per heavy atom. The zero-order valence-corrected chi connectivity index (χ0v) is 10.7. The number of aryl methyl sites for hydroxylation is 1. The Labute approximate surface area is 111 Å². The highest BCUT2D eigenvalue weighted by Crippen LogP contribution is 2.25. The number of carboxylic acid groups (broad SMARTS) is 1. The number of aromatic nitrogens is 2. The number of imidazole rings is 1. The van der Waals surface area contributed by atoms with E-state index in [1.54, 1.807) is 18.5 Å². The van der Waals surface area contributed by atoms with Crippen LogP contribution >= 0.6 is 0 Å². The van der Waals surface area contributed by atoms with E-state index in [9.17, 15) is 4.79 Å². The molecule has 2 aromatic rings. The van der Waals surface area contributed by atoms with Gasteiger partial charge in [0.2, 0.25) is 0 Å². The summed E-state index contributed by atoms with van der Waals surface area (Å²) in [5.74, 6) is -0.868. The Balaban J connectivity index is 1.77. The smallest absolute Gasteiger partial charge is 0.335 e. The van der Waals surface area contributed by atoms with Crippen LogP contribution in [0.4, 0.5) is 0 Å². The van der Waals surface area contributed by atoms with Gasteiger partial charge in [-0.1, -0.05) is 6.07 Å². The van der Waals surface area contributed by atoms with E-state index in [1.165, 1.54) is 5.56 Å². The molecule has 0 bridgehead atoms. The highest BCUT2D eigenvalue weighted by Gasteiger charge is 2.20. The zero-order chi connectivity index (χ0) is 13.4. The van der Waals surface area contributed by atoms with Crippen LogP contribution in [-0.4, -0.2) is 25.5 Å². The van der Waals surface area contributed by atoms with Gasteiger partial charge in [-0.15, -0.1) is 0 Å². The first-order chi connectivity index (χ1) is 9.13. The first kappa shape index (κ1) is 11.9.